The van der Waals surface area contributed by atoms with Gasteiger partial charge in [0.15, 0.2) is 0 Å². The number of carboxylic acids is 1. The van der Waals surface area contributed by atoms with Crippen LogP contribution in [-0.2, 0) is 9.59 Å². The van der Waals surface area contributed by atoms with E-state index in [-0.39, 0.29) is 6.61 Å². The van der Waals surface area contributed by atoms with E-state index >= 15 is 0 Å². The number of ether oxygens (including phenoxy) is 1. The van der Waals surface area contributed by atoms with Crippen molar-refractivity contribution >= 4 is 11.9 Å². The minimum absolute atomic E-state index is 0.183. The van der Waals surface area contributed by atoms with Crippen molar-refractivity contribution in [3.05, 3.63) is 29.8 Å². The summed E-state index contributed by atoms with van der Waals surface area (Å²) < 4.78 is 5.34. The molecule has 0 radical (unpaired) electrons. The number of carboxylic acid groups (broad SMARTS) is 1. The number of carbonyl (C=O) groups excluding carboxylic acids is 1. The van der Waals surface area contributed by atoms with Gasteiger partial charge in [0.2, 0.25) is 5.91 Å². The van der Waals surface area contributed by atoms with Crippen LogP contribution in [0.3, 0.4) is 0 Å². The minimum atomic E-state index is -1.29. The van der Waals surface area contributed by atoms with Crippen LogP contribution in [0.1, 0.15) is 11.5 Å². The highest BCUT2D eigenvalue weighted by molar-refractivity contribution is 5.89. The third-order valence-corrected chi connectivity index (χ3v) is 2.81. The van der Waals surface area contributed by atoms with Crippen LogP contribution in [0.15, 0.2) is 24.3 Å². The van der Waals surface area contributed by atoms with Crippen molar-refractivity contribution in [2.45, 2.75) is 12.0 Å². The number of rotatable bonds is 4. The first kappa shape index (κ1) is 12.4. The van der Waals surface area contributed by atoms with E-state index in [0.29, 0.717) is 5.75 Å². The van der Waals surface area contributed by atoms with Crippen LogP contribution in [0.4, 0.5) is 0 Å². The van der Waals surface area contributed by atoms with Gasteiger partial charge in [-0.15, -0.1) is 0 Å². The molecule has 18 heavy (non-hydrogen) atoms. The van der Waals surface area contributed by atoms with Crippen molar-refractivity contribution in [3.8, 4) is 5.75 Å². The lowest BCUT2D eigenvalue weighted by Gasteiger charge is -2.14. The first-order valence-corrected chi connectivity index (χ1v) is 5.49. The molecular weight excluding hydrogens is 238 g/mol. The van der Waals surface area contributed by atoms with E-state index < -0.39 is 30.4 Å². The Balaban J connectivity index is 2.10. The largest absolute Gasteiger partial charge is 0.492 e. The van der Waals surface area contributed by atoms with Crippen molar-refractivity contribution < 1.29 is 24.5 Å². The fourth-order valence-electron chi connectivity index (χ4n) is 1.84. The van der Waals surface area contributed by atoms with Gasteiger partial charge < -0.3 is 20.3 Å². The van der Waals surface area contributed by atoms with Crippen LogP contribution in [0.5, 0.6) is 5.75 Å². The molecule has 1 aromatic carbocycles. The second-order valence-corrected chi connectivity index (χ2v) is 3.98. The molecule has 1 aliphatic heterocycles. The molecule has 1 heterocycles. The predicted molar refractivity (Wildman–Crippen MR) is 61.3 cm³/mol. The van der Waals surface area contributed by atoms with E-state index in [1.54, 1.807) is 24.3 Å². The van der Waals surface area contributed by atoms with E-state index in [9.17, 15) is 9.59 Å². The van der Waals surface area contributed by atoms with E-state index in [1.165, 1.54) is 0 Å². The van der Waals surface area contributed by atoms with Gasteiger partial charge in [-0.05, 0) is 6.07 Å². The minimum Gasteiger partial charge on any atom is -0.492 e. The van der Waals surface area contributed by atoms with Gasteiger partial charge in [0, 0.05) is 5.56 Å². The van der Waals surface area contributed by atoms with Crippen LogP contribution in [0.25, 0.3) is 0 Å². The average molecular weight is 251 g/mol. The van der Waals surface area contributed by atoms with Crippen molar-refractivity contribution in [2.24, 2.45) is 0 Å². The van der Waals surface area contributed by atoms with E-state index in [0.717, 1.165) is 5.56 Å². The fourth-order valence-corrected chi connectivity index (χ4v) is 1.84. The number of fused-ring (bicyclic) bond motifs is 1. The summed E-state index contributed by atoms with van der Waals surface area (Å²) in [6.07, 6.45) is 0. The van der Waals surface area contributed by atoms with Gasteiger partial charge in [0.25, 0.3) is 0 Å². The molecule has 0 aliphatic carbocycles. The van der Waals surface area contributed by atoms with Crippen LogP contribution >= 0.6 is 0 Å². The summed E-state index contributed by atoms with van der Waals surface area (Å²) in [5.74, 6) is -1.62. The maximum absolute atomic E-state index is 11.9. The smallest absolute Gasteiger partial charge is 0.328 e. The van der Waals surface area contributed by atoms with Crippen LogP contribution in [0.2, 0.25) is 0 Å². The highest BCUT2D eigenvalue weighted by Crippen LogP contribution is 2.33. The first-order chi connectivity index (χ1) is 8.63. The van der Waals surface area contributed by atoms with Crippen LogP contribution in [0, 0.1) is 0 Å². The Morgan fingerprint density at radius 2 is 2.17 bits per heavy atom. The molecule has 0 aromatic heterocycles. The van der Waals surface area contributed by atoms with Crippen molar-refractivity contribution in [1.29, 1.82) is 0 Å². The summed E-state index contributed by atoms with van der Waals surface area (Å²) in [4.78, 5) is 22.6. The maximum atomic E-state index is 11.9. The zero-order valence-electron chi connectivity index (χ0n) is 9.50. The summed E-state index contributed by atoms with van der Waals surface area (Å²) in [5, 5.41) is 19.9. The number of aliphatic hydroxyl groups is 1. The van der Waals surface area contributed by atoms with Gasteiger partial charge in [0.1, 0.15) is 24.3 Å². The lowest BCUT2D eigenvalue weighted by molar-refractivity contribution is -0.143. The molecule has 0 saturated carbocycles. The number of para-hydroxylation sites is 1. The summed E-state index contributed by atoms with van der Waals surface area (Å²) >= 11 is 0. The molecule has 1 aliphatic rings. The number of nitrogens with one attached hydrogen (secondary N) is 1. The average Bonchev–Trinajstić information content (AvgIpc) is 2.79. The Labute approximate surface area is 103 Å². The van der Waals surface area contributed by atoms with Gasteiger partial charge in [0.05, 0.1) is 6.61 Å². The number of benzene rings is 1. The fraction of sp³-hybridized carbons (Fsp3) is 0.333. The van der Waals surface area contributed by atoms with Crippen molar-refractivity contribution in [1.82, 2.24) is 5.32 Å². The zero-order valence-corrected chi connectivity index (χ0v) is 9.50. The lowest BCUT2D eigenvalue weighted by Crippen LogP contribution is -2.45. The molecule has 2 rings (SSSR count). The maximum Gasteiger partial charge on any atom is 0.328 e. The Hall–Kier alpha value is -2.08. The topological polar surface area (TPSA) is 95.9 Å². The Bertz CT molecular complexity index is 473. The zero-order chi connectivity index (χ0) is 13.1. The Morgan fingerprint density at radius 1 is 1.44 bits per heavy atom. The summed E-state index contributed by atoms with van der Waals surface area (Å²) in [5.41, 5.74) is 0.733. The molecule has 1 unspecified atom stereocenters. The predicted octanol–water partition coefficient (Wildman–Crippen LogP) is -0.276. The monoisotopic (exact) mass is 251 g/mol. The molecule has 0 saturated heterocycles. The number of amides is 1. The van der Waals surface area contributed by atoms with E-state index in [1.807, 2.05) is 0 Å². The molecule has 1 aromatic rings. The molecule has 6 nitrogen and oxygen atoms in total. The van der Waals surface area contributed by atoms with Crippen molar-refractivity contribution in [3.63, 3.8) is 0 Å². The molecular formula is C12H13NO5. The Morgan fingerprint density at radius 3 is 2.83 bits per heavy atom. The molecule has 1 amide bonds. The third-order valence-electron chi connectivity index (χ3n) is 2.81. The number of carbonyl (C=O) groups is 2. The summed E-state index contributed by atoms with van der Waals surface area (Å²) in [6, 6.07) is 5.82. The molecule has 0 fully saturated rings. The van der Waals surface area contributed by atoms with Crippen LogP contribution < -0.4 is 10.1 Å². The number of aliphatic carboxylic acids is 1. The Kier molecular flexibility index (Phi) is 3.47. The quantitative estimate of drug-likeness (QED) is 0.684. The number of hydrogen-bond donors (Lipinski definition) is 3. The van der Waals surface area contributed by atoms with Crippen molar-refractivity contribution in [2.75, 3.05) is 13.2 Å². The van der Waals surface area contributed by atoms with Gasteiger partial charge >= 0.3 is 5.97 Å². The third kappa shape index (κ3) is 2.28. The van der Waals surface area contributed by atoms with Gasteiger partial charge in [-0.3, -0.25) is 4.79 Å². The highest BCUT2D eigenvalue weighted by atomic mass is 16.5. The second-order valence-electron chi connectivity index (χ2n) is 3.98. The van der Waals surface area contributed by atoms with Gasteiger partial charge in [-0.2, -0.15) is 0 Å². The number of aliphatic hydroxyl groups excluding tert-OH is 1. The lowest BCUT2D eigenvalue weighted by atomic mass is 10.0. The normalized spacial score (nSPS) is 18.6. The molecule has 6 heteroatoms. The molecule has 0 spiro atoms. The molecule has 96 valence electrons. The SMILES string of the molecule is O=C(N[C@@H](CO)C(=O)O)C1COc2ccccc21. The molecule has 2 atom stereocenters. The molecule has 0 bridgehead atoms. The first-order valence-electron chi connectivity index (χ1n) is 5.49. The van der Waals surface area contributed by atoms with Gasteiger partial charge in [-0.1, -0.05) is 18.2 Å². The molecule has 3 N–H and O–H groups in total. The van der Waals surface area contributed by atoms with Crippen LogP contribution in [-0.4, -0.2) is 41.3 Å². The summed E-state index contributed by atoms with van der Waals surface area (Å²) in [7, 11) is 0. The number of hydrogen-bond acceptors (Lipinski definition) is 4. The highest BCUT2D eigenvalue weighted by Gasteiger charge is 2.32. The van der Waals surface area contributed by atoms with Gasteiger partial charge in [-0.25, -0.2) is 4.79 Å². The standard InChI is InChI=1S/C12H13NO5/c14-5-9(12(16)17)13-11(15)8-6-18-10-4-2-1-3-7(8)10/h1-4,8-9,14H,5-6H2,(H,13,15)(H,16,17)/t8?,9-/m0/s1. The second kappa shape index (κ2) is 5.05. The summed E-state index contributed by atoms with van der Waals surface area (Å²) in [6.45, 7) is -0.459. The van der Waals surface area contributed by atoms with E-state index in [4.69, 9.17) is 14.9 Å². The van der Waals surface area contributed by atoms with E-state index in [2.05, 4.69) is 5.32 Å².